The van der Waals surface area contributed by atoms with E-state index in [0.717, 1.165) is 0 Å². The third kappa shape index (κ3) is 6.20. The number of hydrogen-bond acceptors (Lipinski definition) is 6. The Morgan fingerprint density at radius 1 is 1.30 bits per heavy atom. The first-order valence-corrected chi connectivity index (χ1v) is 7.89. The molecule has 0 fully saturated rings. The zero-order chi connectivity index (χ0) is 19.6. The zero-order valence-corrected chi connectivity index (χ0v) is 14.2. The minimum absolute atomic E-state index is 0.310. The van der Waals surface area contributed by atoms with Crippen molar-refractivity contribution >= 4 is 29.8 Å². The molecule has 0 bridgehead atoms. The fourth-order valence-corrected chi connectivity index (χ4v) is 2.27. The van der Waals surface area contributed by atoms with Crippen LogP contribution in [0.15, 0.2) is 52.4 Å². The quantitative estimate of drug-likeness (QED) is 0.187. The maximum absolute atomic E-state index is 12.2. The van der Waals surface area contributed by atoms with Crippen molar-refractivity contribution in [2.45, 2.75) is 12.5 Å². The lowest BCUT2D eigenvalue weighted by Crippen LogP contribution is -2.39. The smallest absolute Gasteiger partial charge is 0.305 e. The molecule has 0 aliphatic carbocycles. The molecule has 0 spiro atoms. The Bertz CT molecular complexity index is 819. The SMILES string of the molecule is NN=CNc1cccc(C(=O)NCC(=O)NC(CC(=O)O)c2ccoc2)c1. The van der Waals surface area contributed by atoms with Gasteiger partial charge in [-0.2, -0.15) is 5.10 Å². The predicted molar refractivity (Wildman–Crippen MR) is 96.9 cm³/mol. The second-order valence-electron chi connectivity index (χ2n) is 5.46. The van der Waals surface area contributed by atoms with Crippen molar-refractivity contribution in [3.63, 3.8) is 0 Å². The number of hydrazone groups is 1. The van der Waals surface area contributed by atoms with Crippen LogP contribution in [0.25, 0.3) is 0 Å². The van der Waals surface area contributed by atoms with Crippen LogP contribution in [-0.4, -0.2) is 35.8 Å². The van der Waals surface area contributed by atoms with E-state index in [-0.39, 0.29) is 13.0 Å². The summed E-state index contributed by atoms with van der Waals surface area (Å²) in [5.41, 5.74) is 1.45. The number of nitrogens with one attached hydrogen (secondary N) is 3. The first-order valence-electron chi connectivity index (χ1n) is 7.89. The summed E-state index contributed by atoms with van der Waals surface area (Å²) >= 11 is 0. The van der Waals surface area contributed by atoms with Crippen molar-refractivity contribution in [2.75, 3.05) is 11.9 Å². The number of hydrogen-bond donors (Lipinski definition) is 5. The van der Waals surface area contributed by atoms with Crippen LogP contribution in [0.4, 0.5) is 5.69 Å². The number of benzene rings is 1. The molecule has 2 aromatic rings. The van der Waals surface area contributed by atoms with Gasteiger partial charge in [0.05, 0.1) is 31.5 Å². The number of rotatable bonds is 9. The number of carboxylic acid groups (broad SMARTS) is 1. The number of nitrogens with two attached hydrogens (primary N) is 1. The number of carboxylic acids is 1. The van der Waals surface area contributed by atoms with Crippen LogP contribution in [0.2, 0.25) is 0 Å². The summed E-state index contributed by atoms with van der Waals surface area (Å²) in [6.07, 6.45) is 3.70. The summed E-state index contributed by atoms with van der Waals surface area (Å²) in [5.74, 6) is 2.94. The van der Waals surface area contributed by atoms with Crippen LogP contribution in [-0.2, 0) is 9.59 Å². The monoisotopic (exact) mass is 373 g/mol. The summed E-state index contributed by atoms with van der Waals surface area (Å²) in [6, 6.07) is 7.32. The summed E-state index contributed by atoms with van der Waals surface area (Å²) in [7, 11) is 0. The molecule has 6 N–H and O–H groups in total. The van der Waals surface area contributed by atoms with Crippen LogP contribution in [0, 0.1) is 0 Å². The van der Waals surface area contributed by atoms with Crippen molar-refractivity contribution < 1.29 is 23.9 Å². The Hall–Kier alpha value is -3.82. The average Bonchev–Trinajstić information content (AvgIpc) is 3.18. The minimum atomic E-state index is -1.07. The van der Waals surface area contributed by atoms with E-state index in [2.05, 4.69) is 21.1 Å². The molecule has 0 radical (unpaired) electrons. The van der Waals surface area contributed by atoms with Crippen molar-refractivity contribution in [1.82, 2.24) is 10.6 Å². The van der Waals surface area contributed by atoms with Crippen LogP contribution in [0.1, 0.15) is 28.4 Å². The third-order valence-electron chi connectivity index (χ3n) is 3.50. The molecule has 10 heteroatoms. The van der Waals surface area contributed by atoms with E-state index >= 15 is 0 Å². The minimum Gasteiger partial charge on any atom is -0.481 e. The normalized spacial score (nSPS) is 11.7. The van der Waals surface area contributed by atoms with Crippen LogP contribution in [0.3, 0.4) is 0 Å². The van der Waals surface area contributed by atoms with Gasteiger partial charge in [0.2, 0.25) is 5.91 Å². The standard InChI is InChI=1S/C17H19N5O5/c18-21-10-20-13-3-1-2-11(6-13)17(26)19-8-15(23)22-14(7-16(24)25)12-4-5-27-9-12/h1-6,9-10,14H,7-8,18H2,(H,19,26)(H,20,21)(H,22,23)(H,24,25). The first-order chi connectivity index (χ1) is 13.0. The van der Waals surface area contributed by atoms with Crippen molar-refractivity contribution in [2.24, 2.45) is 10.9 Å². The van der Waals surface area contributed by atoms with Gasteiger partial charge in [-0.25, -0.2) is 0 Å². The Labute approximate surface area is 154 Å². The maximum Gasteiger partial charge on any atom is 0.305 e. The van der Waals surface area contributed by atoms with Gasteiger partial charge in [0.15, 0.2) is 0 Å². The van der Waals surface area contributed by atoms with Crippen molar-refractivity contribution in [3.8, 4) is 0 Å². The summed E-state index contributed by atoms with van der Waals surface area (Å²) in [6.45, 7) is -0.311. The molecule has 1 atom stereocenters. The molecule has 10 nitrogen and oxygen atoms in total. The van der Waals surface area contributed by atoms with Gasteiger partial charge in [-0.1, -0.05) is 6.07 Å². The van der Waals surface area contributed by atoms with Crippen LogP contribution < -0.4 is 21.8 Å². The highest BCUT2D eigenvalue weighted by molar-refractivity contribution is 5.97. The number of nitrogens with zero attached hydrogens (tertiary/aromatic N) is 1. The molecule has 2 amide bonds. The number of amides is 2. The lowest BCUT2D eigenvalue weighted by Gasteiger charge is -2.15. The van der Waals surface area contributed by atoms with E-state index in [1.807, 2.05) is 0 Å². The summed E-state index contributed by atoms with van der Waals surface area (Å²) in [5, 5.41) is 20.1. The summed E-state index contributed by atoms with van der Waals surface area (Å²) < 4.78 is 4.92. The highest BCUT2D eigenvalue weighted by Crippen LogP contribution is 2.17. The van der Waals surface area contributed by atoms with E-state index in [9.17, 15) is 14.4 Å². The second kappa shape index (κ2) is 9.61. The summed E-state index contributed by atoms with van der Waals surface area (Å²) in [4.78, 5) is 35.2. The lowest BCUT2D eigenvalue weighted by molar-refractivity contribution is -0.137. The Morgan fingerprint density at radius 2 is 2.11 bits per heavy atom. The molecule has 27 heavy (non-hydrogen) atoms. The molecular weight excluding hydrogens is 354 g/mol. The Kier molecular flexibility index (Phi) is 6.94. The Balaban J connectivity index is 1.92. The number of aliphatic carboxylic acids is 1. The molecule has 0 saturated carbocycles. The molecule has 2 rings (SSSR count). The highest BCUT2D eigenvalue weighted by atomic mass is 16.4. The number of anilines is 1. The van der Waals surface area contributed by atoms with Crippen LogP contribution >= 0.6 is 0 Å². The molecular formula is C17H19N5O5. The largest absolute Gasteiger partial charge is 0.481 e. The van der Waals surface area contributed by atoms with Gasteiger partial charge in [0, 0.05) is 16.8 Å². The Morgan fingerprint density at radius 3 is 2.78 bits per heavy atom. The van der Waals surface area contributed by atoms with Gasteiger partial charge in [0.25, 0.3) is 5.91 Å². The lowest BCUT2D eigenvalue weighted by atomic mass is 10.1. The molecule has 1 heterocycles. The third-order valence-corrected chi connectivity index (χ3v) is 3.50. The van der Waals surface area contributed by atoms with E-state index in [1.165, 1.54) is 18.9 Å². The van der Waals surface area contributed by atoms with Gasteiger partial charge >= 0.3 is 5.97 Å². The van der Waals surface area contributed by atoms with E-state index in [1.54, 1.807) is 30.3 Å². The zero-order valence-electron chi connectivity index (χ0n) is 14.2. The van der Waals surface area contributed by atoms with E-state index in [4.69, 9.17) is 15.4 Å². The fourth-order valence-electron chi connectivity index (χ4n) is 2.27. The van der Waals surface area contributed by atoms with Crippen molar-refractivity contribution in [3.05, 3.63) is 54.0 Å². The fraction of sp³-hybridized carbons (Fsp3) is 0.176. The van der Waals surface area contributed by atoms with Gasteiger partial charge in [-0.15, -0.1) is 0 Å². The topological polar surface area (TPSA) is 159 Å². The number of carbonyl (C=O) groups is 3. The number of carbonyl (C=O) groups excluding carboxylic acids is 2. The molecule has 1 unspecified atom stereocenters. The highest BCUT2D eigenvalue weighted by Gasteiger charge is 2.19. The molecule has 142 valence electrons. The molecule has 0 saturated heterocycles. The van der Waals surface area contributed by atoms with Gasteiger partial charge in [-0.05, 0) is 24.3 Å². The maximum atomic E-state index is 12.2. The van der Waals surface area contributed by atoms with Gasteiger partial charge < -0.3 is 31.3 Å². The molecule has 1 aromatic heterocycles. The molecule has 1 aromatic carbocycles. The number of furan rings is 1. The van der Waals surface area contributed by atoms with E-state index < -0.39 is 23.8 Å². The van der Waals surface area contributed by atoms with E-state index in [0.29, 0.717) is 16.8 Å². The van der Waals surface area contributed by atoms with Gasteiger partial charge in [0.1, 0.15) is 6.34 Å². The molecule has 0 aliphatic rings. The van der Waals surface area contributed by atoms with Crippen LogP contribution in [0.5, 0.6) is 0 Å². The molecule has 0 aliphatic heterocycles. The predicted octanol–water partition coefficient (Wildman–Crippen LogP) is 0.656. The van der Waals surface area contributed by atoms with Gasteiger partial charge in [-0.3, -0.25) is 14.4 Å². The second-order valence-corrected chi connectivity index (χ2v) is 5.46. The first kappa shape index (κ1) is 19.5. The van der Waals surface area contributed by atoms with Crippen molar-refractivity contribution in [1.29, 1.82) is 0 Å². The average molecular weight is 373 g/mol.